The fourth-order valence-corrected chi connectivity index (χ4v) is 1.33. The number of hydrazone groups is 1. The summed E-state index contributed by atoms with van der Waals surface area (Å²) in [6, 6.07) is 3.91. The standard InChI is InChI=1S/C7H8N2O2S/c10-7(11)9-8-4-3-6-2-1-5-12-6/h1-2,4-5,9H,3H2,(H,10,11). The van der Waals surface area contributed by atoms with Crippen LogP contribution in [0.2, 0.25) is 0 Å². The molecule has 1 aromatic rings. The van der Waals surface area contributed by atoms with E-state index in [0.29, 0.717) is 6.42 Å². The molecule has 0 fully saturated rings. The van der Waals surface area contributed by atoms with Crippen LogP contribution in [-0.4, -0.2) is 17.4 Å². The number of nitrogens with one attached hydrogen (secondary N) is 1. The lowest BCUT2D eigenvalue weighted by Gasteiger charge is -1.88. The molecule has 1 aromatic heterocycles. The van der Waals surface area contributed by atoms with Gasteiger partial charge in [0.05, 0.1) is 0 Å². The molecule has 0 atom stereocenters. The van der Waals surface area contributed by atoms with E-state index in [1.165, 1.54) is 6.21 Å². The summed E-state index contributed by atoms with van der Waals surface area (Å²) < 4.78 is 0. The molecular formula is C7H8N2O2S. The molecule has 0 aliphatic carbocycles. The quantitative estimate of drug-likeness (QED) is 0.553. The van der Waals surface area contributed by atoms with Crippen LogP contribution in [0.1, 0.15) is 4.88 Å². The van der Waals surface area contributed by atoms with Crippen LogP contribution in [0.4, 0.5) is 4.79 Å². The molecule has 64 valence electrons. The third-order valence-electron chi connectivity index (χ3n) is 1.12. The van der Waals surface area contributed by atoms with Crippen molar-refractivity contribution in [2.24, 2.45) is 5.10 Å². The van der Waals surface area contributed by atoms with Gasteiger partial charge in [0.25, 0.3) is 0 Å². The SMILES string of the molecule is O=C(O)NN=CCc1cccs1. The first-order valence-electron chi connectivity index (χ1n) is 3.32. The highest BCUT2D eigenvalue weighted by molar-refractivity contribution is 7.10. The summed E-state index contributed by atoms with van der Waals surface area (Å²) in [6.07, 6.45) is 1.05. The number of thiophene rings is 1. The lowest BCUT2D eigenvalue weighted by molar-refractivity contribution is 0.195. The molecule has 0 aliphatic rings. The van der Waals surface area contributed by atoms with Gasteiger partial charge in [-0.2, -0.15) is 5.10 Å². The largest absolute Gasteiger partial charge is 0.464 e. The van der Waals surface area contributed by atoms with Crippen molar-refractivity contribution in [1.82, 2.24) is 5.43 Å². The van der Waals surface area contributed by atoms with Gasteiger partial charge in [-0.1, -0.05) is 6.07 Å². The van der Waals surface area contributed by atoms with Gasteiger partial charge in [0.2, 0.25) is 0 Å². The summed E-state index contributed by atoms with van der Waals surface area (Å²) in [7, 11) is 0. The molecule has 12 heavy (non-hydrogen) atoms. The van der Waals surface area contributed by atoms with E-state index in [9.17, 15) is 4.79 Å². The molecule has 0 radical (unpaired) electrons. The molecule has 0 saturated carbocycles. The second-order valence-corrected chi connectivity index (χ2v) is 3.04. The fraction of sp³-hybridized carbons (Fsp3) is 0.143. The van der Waals surface area contributed by atoms with Crippen molar-refractivity contribution < 1.29 is 9.90 Å². The number of hydrogen-bond donors (Lipinski definition) is 2. The van der Waals surface area contributed by atoms with Crippen LogP contribution in [0.15, 0.2) is 22.6 Å². The summed E-state index contributed by atoms with van der Waals surface area (Å²) in [6.45, 7) is 0. The van der Waals surface area contributed by atoms with Gasteiger partial charge in [0.15, 0.2) is 0 Å². The van der Waals surface area contributed by atoms with Crippen LogP contribution in [0, 0.1) is 0 Å². The van der Waals surface area contributed by atoms with Gasteiger partial charge in [-0.15, -0.1) is 11.3 Å². The van der Waals surface area contributed by atoms with Crippen molar-refractivity contribution in [3.63, 3.8) is 0 Å². The minimum atomic E-state index is -1.14. The zero-order valence-corrected chi connectivity index (χ0v) is 7.04. The Morgan fingerprint density at radius 2 is 2.67 bits per heavy atom. The third-order valence-corrected chi connectivity index (χ3v) is 2.02. The zero-order chi connectivity index (χ0) is 8.81. The summed E-state index contributed by atoms with van der Waals surface area (Å²) in [5, 5.41) is 13.6. The van der Waals surface area contributed by atoms with Gasteiger partial charge in [-0.25, -0.2) is 10.2 Å². The van der Waals surface area contributed by atoms with Crippen LogP contribution >= 0.6 is 11.3 Å². The Balaban J connectivity index is 2.26. The Morgan fingerprint density at radius 3 is 3.25 bits per heavy atom. The highest BCUT2D eigenvalue weighted by Crippen LogP contribution is 2.07. The second kappa shape index (κ2) is 4.50. The molecular weight excluding hydrogens is 176 g/mol. The monoisotopic (exact) mass is 184 g/mol. The molecule has 0 unspecified atom stereocenters. The molecule has 0 bridgehead atoms. The van der Waals surface area contributed by atoms with Gasteiger partial charge in [0.1, 0.15) is 0 Å². The first-order valence-corrected chi connectivity index (χ1v) is 4.20. The predicted molar refractivity (Wildman–Crippen MR) is 47.7 cm³/mol. The lowest BCUT2D eigenvalue weighted by Crippen LogP contribution is -2.13. The Hall–Kier alpha value is -1.36. The number of hydrogen-bond acceptors (Lipinski definition) is 3. The van der Waals surface area contributed by atoms with Gasteiger partial charge < -0.3 is 5.11 Å². The molecule has 0 aromatic carbocycles. The number of amides is 1. The van der Waals surface area contributed by atoms with Crippen molar-refractivity contribution in [3.8, 4) is 0 Å². The summed E-state index contributed by atoms with van der Waals surface area (Å²) in [5.41, 5.74) is 1.90. The number of nitrogens with zero attached hydrogens (tertiary/aromatic N) is 1. The number of rotatable bonds is 3. The molecule has 1 heterocycles. The molecule has 0 aliphatic heterocycles. The Labute approximate surface area is 73.5 Å². The molecule has 1 amide bonds. The van der Waals surface area contributed by atoms with Crippen LogP contribution in [0.25, 0.3) is 0 Å². The van der Waals surface area contributed by atoms with Crippen LogP contribution in [-0.2, 0) is 6.42 Å². The van der Waals surface area contributed by atoms with Gasteiger partial charge >= 0.3 is 6.09 Å². The van der Waals surface area contributed by atoms with E-state index < -0.39 is 6.09 Å². The van der Waals surface area contributed by atoms with Crippen LogP contribution < -0.4 is 5.43 Å². The van der Waals surface area contributed by atoms with Crippen molar-refractivity contribution >= 4 is 23.6 Å². The van der Waals surface area contributed by atoms with Crippen molar-refractivity contribution in [2.45, 2.75) is 6.42 Å². The molecule has 4 nitrogen and oxygen atoms in total. The highest BCUT2D eigenvalue weighted by atomic mass is 32.1. The Bertz CT molecular complexity index is 269. The molecule has 0 spiro atoms. The zero-order valence-electron chi connectivity index (χ0n) is 6.23. The Kier molecular flexibility index (Phi) is 3.28. The van der Waals surface area contributed by atoms with Crippen LogP contribution in [0.5, 0.6) is 0 Å². The first kappa shape index (κ1) is 8.73. The third kappa shape index (κ3) is 3.16. The van der Waals surface area contributed by atoms with E-state index in [1.807, 2.05) is 22.9 Å². The number of carbonyl (C=O) groups is 1. The molecule has 0 saturated heterocycles. The van der Waals surface area contributed by atoms with Gasteiger partial charge in [-0.3, -0.25) is 0 Å². The Morgan fingerprint density at radius 1 is 1.83 bits per heavy atom. The first-order chi connectivity index (χ1) is 5.79. The van der Waals surface area contributed by atoms with E-state index in [1.54, 1.807) is 11.3 Å². The minimum absolute atomic E-state index is 0.665. The summed E-state index contributed by atoms with van der Waals surface area (Å²) in [5.74, 6) is 0. The summed E-state index contributed by atoms with van der Waals surface area (Å²) in [4.78, 5) is 11.1. The van der Waals surface area contributed by atoms with Crippen LogP contribution in [0.3, 0.4) is 0 Å². The predicted octanol–water partition coefficient (Wildman–Crippen LogP) is 1.54. The second-order valence-electron chi connectivity index (χ2n) is 2.01. The highest BCUT2D eigenvalue weighted by Gasteiger charge is 1.90. The van der Waals surface area contributed by atoms with Crippen molar-refractivity contribution in [2.75, 3.05) is 0 Å². The normalized spacial score (nSPS) is 10.3. The molecule has 1 rings (SSSR count). The maximum absolute atomic E-state index is 9.94. The van der Waals surface area contributed by atoms with Crippen molar-refractivity contribution in [1.29, 1.82) is 0 Å². The van der Waals surface area contributed by atoms with E-state index >= 15 is 0 Å². The molecule has 2 N–H and O–H groups in total. The van der Waals surface area contributed by atoms with E-state index in [4.69, 9.17) is 5.11 Å². The van der Waals surface area contributed by atoms with Gasteiger partial charge in [-0.05, 0) is 11.4 Å². The van der Waals surface area contributed by atoms with Crippen molar-refractivity contribution in [3.05, 3.63) is 22.4 Å². The fourth-order valence-electron chi connectivity index (χ4n) is 0.665. The smallest absolute Gasteiger partial charge is 0.425 e. The van der Waals surface area contributed by atoms with Gasteiger partial charge in [0, 0.05) is 17.5 Å². The van der Waals surface area contributed by atoms with E-state index in [0.717, 1.165) is 4.88 Å². The lowest BCUT2D eigenvalue weighted by atomic mass is 10.4. The average molecular weight is 184 g/mol. The summed E-state index contributed by atoms with van der Waals surface area (Å²) >= 11 is 1.62. The number of carboxylic acid groups (broad SMARTS) is 1. The topological polar surface area (TPSA) is 61.7 Å². The maximum Gasteiger partial charge on any atom is 0.425 e. The average Bonchev–Trinajstić information content (AvgIpc) is 2.49. The van der Waals surface area contributed by atoms with E-state index in [2.05, 4.69) is 5.10 Å². The maximum atomic E-state index is 9.94. The molecule has 5 heteroatoms. The van der Waals surface area contributed by atoms with E-state index in [-0.39, 0.29) is 0 Å². The minimum Gasteiger partial charge on any atom is -0.464 e.